The van der Waals surface area contributed by atoms with Crippen LogP contribution in [-0.2, 0) is 0 Å². The lowest BCUT2D eigenvalue weighted by molar-refractivity contribution is 1.36. The molecule has 0 aliphatic carbocycles. The molecule has 0 atom stereocenters. The fraction of sp³-hybridized carbons (Fsp3) is 0.0400. The molecule has 0 aliphatic rings. The molecule has 1 nitrogen and oxygen atoms in total. The van der Waals surface area contributed by atoms with Crippen molar-refractivity contribution in [2.24, 2.45) is 0 Å². The van der Waals surface area contributed by atoms with Gasteiger partial charge in [-0.3, -0.25) is 0 Å². The largest absolute Gasteiger partial charge is 0.356 e. The van der Waals surface area contributed by atoms with Gasteiger partial charge in [0.15, 0.2) is 0 Å². The molecule has 0 unspecified atom stereocenters. The highest BCUT2D eigenvalue weighted by molar-refractivity contribution is 7.99. The van der Waals surface area contributed by atoms with E-state index in [-0.39, 0.29) is 0 Å². The molecule has 0 heterocycles. The molecular formula is C25H21NS2. The van der Waals surface area contributed by atoms with Crippen LogP contribution in [0.2, 0.25) is 0 Å². The van der Waals surface area contributed by atoms with Crippen LogP contribution in [0.5, 0.6) is 0 Å². The van der Waals surface area contributed by atoms with E-state index in [0.717, 1.165) is 11.4 Å². The van der Waals surface area contributed by atoms with Crippen molar-refractivity contribution in [1.29, 1.82) is 0 Å². The Balaban J connectivity index is 1.36. The van der Waals surface area contributed by atoms with E-state index >= 15 is 0 Å². The Hall–Kier alpha value is -2.62. The Morgan fingerprint density at radius 1 is 0.464 bits per heavy atom. The highest BCUT2D eigenvalue weighted by atomic mass is 32.2. The van der Waals surface area contributed by atoms with Gasteiger partial charge in [-0.2, -0.15) is 0 Å². The topological polar surface area (TPSA) is 12.0 Å². The lowest BCUT2D eigenvalue weighted by atomic mass is 10.2. The molecule has 0 aromatic heterocycles. The van der Waals surface area contributed by atoms with E-state index in [1.807, 2.05) is 6.07 Å². The lowest BCUT2D eigenvalue weighted by Gasteiger charge is -2.09. The summed E-state index contributed by atoms with van der Waals surface area (Å²) >= 11 is 3.56. The third-order valence-electron chi connectivity index (χ3n) is 4.23. The Morgan fingerprint density at radius 3 is 1.32 bits per heavy atom. The Labute approximate surface area is 175 Å². The van der Waals surface area contributed by atoms with Gasteiger partial charge in [-0.1, -0.05) is 59.4 Å². The molecule has 0 fully saturated rings. The summed E-state index contributed by atoms with van der Waals surface area (Å²) in [5.74, 6) is 0. The van der Waals surface area contributed by atoms with E-state index in [9.17, 15) is 0 Å². The maximum absolute atomic E-state index is 3.48. The van der Waals surface area contributed by atoms with Gasteiger partial charge in [-0.25, -0.2) is 0 Å². The summed E-state index contributed by atoms with van der Waals surface area (Å²) in [6.45, 7) is 2.11. The van der Waals surface area contributed by atoms with E-state index in [1.54, 1.807) is 23.5 Å². The second-order valence-electron chi connectivity index (χ2n) is 6.50. The van der Waals surface area contributed by atoms with Gasteiger partial charge in [-0.15, -0.1) is 0 Å². The van der Waals surface area contributed by atoms with Crippen molar-refractivity contribution in [3.05, 3.63) is 109 Å². The summed E-state index contributed by atoms with van der Waals surface area (Å²) in [6.07, 6.45) is 0. The summed E-state index contributed by atoms with van der Waals surface area (Å²) in [6, 6.07) is 36.2. The van der Waals surface area contributed by atoms with Crippen molar-refractivity contribution in [3.63, 3.8) is 0 Å². The molecule has 4 rings (SSSR count). The fourth-order valence-corrected chi connectivity index (χ4v) is 4.40. The number of aryl methyl sites for hydroxylation is 1. The minimum Gasteiger partial charge on any atom is -0.356 e. The van der Waals surface area contributed by atoms with Crippen LogP contribution in [0, 0.1) is 6.92 Å². The van der Waals surface area contributed by atoms with Gasteiger partial charge in [0.05, 0.1) is 0 Å². The molecule has 0 bridgehead atoms. The third kappa shape index (κ3) is 5.22. The molecule has 0 saturated carbocycles. The van der Waals surface area contributed by atoms with Crippen molar-refractivity contribution < 1.29 is 0 Å². The highest BCUT2D eigenvalue weighted by Gasteiger charge is 2.01. The number of nitrogens with one attached hydrogen (secondary N) is 1. The van der Waals surface area contributed by atoms with Crippen LogP contribution in [0.15, 0.2) is 123 Å². The van der Waals surface area contributed by atoms with Crippen LogP contribution in [0.4, 0.5) is 11.4 Å². The molecular weight excluding hydrogens is 378 g/mol. The van der Waals surface area contributed by atoms with E-state index < -0.39 is 0 Å². The Kier molecular flexibility index (Phi) is 6.05. The molecule has 0 aliphatic heterocycles. The monoisotopic (exact) mass is 399 g/mol. The summed E-state index contributed by atoms with van der Waals surface area (Å²) in [5.41, 5.74) is 3.48. The molecule has 28 heavy (non-hydrogen) atoms. The quantitative estimate of drug-likeness (QED) is 0.352. The number of hydrogen-bond acceptors (Lipinski definition) is 3. The van der Waals surface area contributed by atoms with E-state index in [0.29, 0.717) is 0 Å². The normalized spacial score (nSPS) is 10.6. The molecule has 0 spiro atoms. The van der Waals surface area contributed by atoms with Crippen molar-refractivity contribution in [3.8, 4) is 0 Å². The second kappa shape index (κ2) is 9.05. The molecule has 0 saturated heterocycles. The Morgan fingerprint density at radius 2 is 0.857 bits per heavy atom. The molecule has 0 radical (unpaired) electrons. The number of anilines is 2. The fourth-order valence-electron chi connectivity index (χ4n) is 2.75. The summed E-state index contributed by atoms with van der Waals surface area (Å²) in [4.78, 5) is 4.99. The van der Waals surface area contributed by atoms with Gasteiger partial charge in [0, 0.05) is 31.0 Å². The first-order chi connectivity index (χ1) is 13.7. The minimum absolute atomic E-state index is 1.09. The maximum Gasteiger partial charge on any atom is 0.0385 e. The standard InChI is InChI=1S/C25H21NS2/c1-19-7-13-23(14-8-19)28-25-17-11-21(12-18-25)26-20-9-15-24(16-10-20)27-22-5-3-2-4-6-22/h2-18,26H,1H3. The van der Waals surface area contributed by atoms with Crippen LogP contribution in [-0.4, -0.2) is 0 Å². The van der Waals surface area contributed by atoms with Crippen LogP contribution in [0.1, 0.15) is 5.56 Å². The van der Waals surface area contributed by atoms with Crippen LogP contribution >= 0.6 is 23.5 Å². The van der Waals surface area contributed by atoms with Crippen LogP contribution < -0.4 is 5.32 Å². The van der Waals surface area contributed by atoms with Crippen molar-refractivity contribution in [2.45, 2.75) is 26.5 Å². The van der Waals surface area contributed by atoms with Gasteiger partial charge in [0.1, 0.15) is 0 Å². The first-order valence-electron chi connectivity index (χ1n) is 9.19. The predicted octanol–water partition coefficient (Wildman–Crippen LogP) is 8.04. The number of rotatable bonds is 6. The SMILES string of the molecule is Cc1ccc(Sc2ccc(Nc3ccc(Sc4ccccc4)cc3)cc2)cc1. The van der Waals surface area contributed by atoms with E-state index in [2.05, 4.69) is 109 Å². The highest BCUT2D eigenvalue weighted by Crippen LogP contribution is 2.31. The van der Waals surface area contributed by atoms with Gasteiger partial charge < -0.3 is 5.32 Å². The van der Waals surface area contributed by atoms with Gasteiger partial charge in [0.25, 0.3) is 0 Å². The smallest absolute Gasteiger partial charge is 0.0385 e. The zero-order valence-electron chi connectivity index (χ0n) is 15.6. The predicted molar refractivity (Wildman–Crippen MR) is 122 cm³/mol. The van der Waals surface area contributed by atoms with Gasteiger partial charge in [0.2, 0.25) is 0 Å². The zero-order valence-corrected chi connectivity index (χ0v) is 17.3. The molecule has 0 amide bonds. The maximum atomic E-state index is 3.48. The van der Waals surface area contributed by atoms with Gasteiger partial charge >= 0.3 is 0 Å². The summed E-state index contributed by atoms with van der Waals surface area (Å²) in [5, 5.41) is 3.48. The first kappa shape index (κ1) is 18.7. The number of hydrogen-bond donors (Lipinski definition) is 1. The van der Waals surface area contributed by atoms with Gasteiger partial charge in [-0.05, 0) is 79.7 Å². The van der Waals surface area contributed by atoms with E-state index in [4.69, 9.17) is 0 Å². The molecule has 3 heteroatoms. The average molecular weight is 400 g/mol. The minimum atomic E-state index is 1.09. The lowest BCUT2D eigenvalue weighted by Crippen LogP contribution is -1.89. The van der Waals surface area contributed by atoms with Crippen molar-refractivity contribution in [2.75, 3.05) is 5.32 Å². The molecule has 4 aromatic carbocycles. The van der Waals surface area contributed by atoms with Crippen molar-refractivity contribution in [1.82, 2.24) is 0 Å². The van der Waals surface area contributed by atoms with E-state index in [1.165, 1.54) is 25.1 Å². The third-order valence-corrected chi connectivity index (χ3v) is 6.26. The Bertz CT molecular complexity index is 1010. The van der Waals surface area contributed by atoms with Crippen LogP contribution in [0.25, 0.3) is 0 Å². The van der Waals surface area contributed by atoms with Crippen molar-refractivity contribution >= 4 is 34.9 Å². The summed E-state index contributed by atoms with van der Waals surface area (Å²) < 4.78 is 0. The molecule has 1 N–H and O–H groups in total. The molecule has 138 valence electrons. The van der Waals surface area contributed by atoms with Crippen LogP contribution in [0.3, 0.4) is 0 Å². The average Bonchev–Trinajstić information content (AvgIpc) is 2.73. The molecule has 4 aromatic rings. The summed E-state index contributed by atoms with van der Waals surface area (Å²) in [7, 11) is 0. The zero-order chi connectivity index (χ0) is 19.2. The second-order valence-corrected chi connectivity index (χ2v) is 8.80. The first-order valence-corrected chi connectivity index (χ1v) is 10.8. The number of benzene rings is 4.